The van der Waals surface area contributed by atoms with Crippen LogP contribution >= 0.6 is 0 Å². The van der Waals surface area contributed by atoms with Crippen LogP contribution in [0, 0.1) is 0 Å². The highest BCUT2D eigenvalue weighted by Crippen LogP contribution is 2.21. The molecular formula is C12H8O5. The molecule has 5 heteroatoms. The van der Waals surface area contributed by atoms with Crippen molar-refractivity contribution in [1.82, 2.24) is 0 Å². The number of carboxylic acid groups (broad SMARTS) is 1. The van der Waals surface area contributed by atoms with E-state index in [4.69, 9.17) is 5.11 Å². The molecule has 0 saturated carbocycles. The first-order chi connectivity index (χ1) is 8.06. The molecule has 0 fully saturated rings. The largest absolute Gasteiger partial charge is 0.513 e. The van der Waals surface area contributed by atoms with Crippen LogP contribution in [0.1, 0.15) is 10.4 Å². The molecule has 17 heavy (non-hydrogen) atoms. The summed E-state index contributed by atoms with van der Waals surface area (Å²) in [5.41, 5.74) is 0.144. The Hall–Kier alpha value is -2.56. The summed E-state index contributed by atoms with van der Waals surface area (Å²) in [6.07, 6.45) is -1.64. The lowest BCUT2D eigenvalue weighted by atomic mass is 10.1. The normalized spacial score (nSPS) is 10.1. The van der Waals surface area contributed by atoms with Crippen LogP contribution in [0.3, 0.4) is 0 Å². The molecular weight excluding hydrogens is 224 g/mol. The van der Waals surface area contributed by atoms with E-state index in [0.717, 1.165) is 5.39 Å². The van der Waals surface area contributed by atoms with E-state index in [1.807, 2.05) is 0 Å². The van der Waals surface area contributed by atoms with Crippen molar-refractivity contribution in [2.75, 3.05) is 0 Å². The van der Waals surface area contributed by atoms with E-state index in [9.17, 15) is 14.7 Å². The molecule has 0 aliphatic carbocycles. The zero-order valence-electron chi connectivity index (χ0n) is 8.58. The van der Waals surface area contributed by atoms with Gasteiger partial charge in [-0.25, -0.2) is 9.59 Å². The van der Waals surface area contributed by atoms with E-state index in [-0.39, 0.29) is 11.3 Å². The average molecular weight is 232 g/mol. The van der Waals surface area contributed by atoms with Crippen molar-refractivity contribution in [1.29, 1.82) is 0 Å². The topological polar surface area (TPSA) is 83.8 Å². The Morgan fingerprint density at radius 2 is 1.65 bits per heavy atom. The third-order valence-electron chi connectivity index (χ3n) is 2.24. The van der Waals surface area contributed by atoms with Crippen molar-refractivity contribution in [3.8, 4) is 5.75 Å². The number of carbonyl (C=O) groups excluding carboxylic acids is 1. The van der Waals surface area contributed by atoms with E-state index in [1.54, 1.807) is 18.2 Å². The summed E-state index contributed by atoms with van der Waals surface area (Å²) in [5.74, 6) is -0.800. The van der Waals surface area contributed by atoms with Crippen molar-refractivity contribution in [2.24, 2.45) is 0 Å². The fraction of sp³-hybridized carbons (Fsp3) is 0. The maximum absolute atomic E-state index is 11.3. The summed E-state index contributed by atoms with van der Waals surface area (Å²) in [5, 5.41) is 19.0. The van der Waals surface area contributed by atoms with Gasteiger partial charge in [-0.15, -0.1) is 0 Å². The van der Waals surface area contributed by atoms with E-state index in [0.29, 0.717) is 5.39 Å². The van der Waals surface area contributed by atoms with Crippen molar-refractivity contribution in [3.05, 3.63) is 42.0 Å². The molecule has 2 aromatic carbocycles. The molecule has 0 aliphatic rings. The predicted molar refractivity (Wildman–Crippen MR) is 59.1 cm³/mol. The van der Waals surface area contributed by atoms with Gasteiger partial charge in [-0.05, 0) is 35.0 Å². The average Bonchev–Trinajstić information content (AvgIpc) is 2.27. The number of aromatic hydroxyl groups is 1. The number of rotatable bonds is 1. The smallest absolute Gasteiger partial charge is 0.508 e. The van der Waals surface area contributed by atoms with Crippen LogP contribution in [0.25, 0.3) is 10.8 Å². The molecule has 0 bridgehead atoms. The Balaban J connectivity index is 2.41. The van der Waals surface area contributed by atoms with Crippen LogP contribution in [0.2, 0.25) is 0 Å². The van der Waals surface area contributed by atoms with Gasteiger partial charge in [0, 0.05) is 0 Å². The van der Waals surface area contributed by atoms with Gasteiger partial charge < -0.3 is 14.9 Å². The van der Waals surface area contributed by atoms with Gasteiger partial charge in [-0.1, -0.05) is 12.1 Å². The first-order valence-corrected chi connectivity index (χ1v) is 4.74. The maximum atomic E-state index is 11.3. The third-order valence-corrected chi connectivity index (χ3v) is 2.24. The molecule has 0 atom stereocenters. The number of fused-ring (bicyclic) bond motifs is 1. The highest BCUT2D eigenvalue weighted by molar-refractivity contribution is 5.98. The lowest BCUT2D eigenvalue weighted by molar-refractivity contribution is 0.0509. The summed E-state index contributed by atoms with van der Waals surface area (Å²) in [7, 11) is 0. The van der Waals surface area contributed by atoms with Gasteiger partial charge in [0.15, 0.2) is 0 Å². The standard InChI is InChI=1S/C12H8O5/c13-10-4-3-7-5-9(2-1-8(7)6-10)11(14)17-12(15)16/h1-6,13H,(H,15,16). The maximum Gasteiger partial charge on any atom is 0.513 e. The quantitative estimate of drug-likeness (QED) is 0.582. The Morgan fingerprint density at radius 1 is 1.00 bits per heavy atom. The van der Waals surface area contributed by atoms with E-state index >= 15 is 0 Å². The predicted octanol–water partition coefficient (Wildman–Crippen LogP) is 2.38. The molecule has 0 heterocycles. The van der Waals surface area contributed by atoms with Crippen LogP contribution in [-0.4, -0.2) is 22.3 Å². The zero-order valence-corrected chi connectivity index (χ0v) is 8.58. The van der Waals surface area contributed by atoms with Gasteiger partial charge in [0.05, 0.1) is 5.56 Å². The van der Waals surface area contributed by atoms with E-state index < -0.39 is 12.1 Å². The number of phenolic OH excluding ortho intramolecular Hbond substituents is 1. The second-order valence-corrected chi connectivity index (χ2v) is 3.40. The van der Waals surface area contributed by atoms with Gasteiger partial charge >= 0.3 is 12.1 Å². The highest BCUT2D eigenvalue weighted by atomic mass is 16.7. The van der Waals surface area contributed by atoms with Gasteiger partial charge in [0.2, 0.25) is 0 Å². The number of carbonyl (C=O) groups is 2. The first-order valence-electron chi connectivity index (χ1n) is 4.74. The SMILES string of the molecule is O=C(O)OC(=O)c1ccc2cc(O)ccc2c1. The number of benzene rings is 2. The van der Waals surface area contributed by atoms with Crippen molar-refractivity contribution in [3.63, 3.8) is 0 Å². The number of hydrogen-bond acceptors (Lipinski definition) is 4. The fourth-order valence-electron chi connectivity index (χ4n) is 1.50. The van der Waals surface area contributed by atoms with E-state index in [1.165, 1.54) is 18.2 Å². The van der Waals surface area contributed by atoms with Gasteiger partial charge in [0.1, 0.15) is 5.75 Å². The first kappa shape index (κ1) is 10.9. The van der Waals surface area contributed by atoms with Crippen LogP contribution in [-0.2, 0) is 4.74 Å². The highest BCUT2D eigenvalue weighted by Gasteiger charge is 2.11. The fourth-order valence-corrected chi connectivity index (χ4v) is 1.50. The molecule has 0 amide bonds. The summed E-state index contributed by atoms with van der Waals surface area (Å²) in [6.45, 7) is 0. The minimum absolute atomic E-state index is 0.123. The lowest BCUT2D eigenvalue weighted by Crippen LogP contribution is -2.09. The van der Waals surface area contributed by atoms with Gasteiger partial charge in [-0.2, -0.15) is 0 Å². The minimum Gasteiger partial charge on any atom is -0.508 e. The van der Waals surface area contributed by atoms with Crippen LogP contribution < -0.4 is 0 Å². The molecule has 0 saturated heterocycles. The molecule has 86 valence electrons. The number of hydrogen-bond donors (Lipinski definition) is 2. The third kappa shape index (κ3) is 2.34. The van der Waals surface area contributed by atoms with Crippen LogP contribution in [0.15, 0.2) is 36.4 Å². The number of esters is 1. The number of ether oxygens (including phenoxy) is 1. The number of phenols is 1. The van der Waals surface area contributed by atoms with Gasteiger partial charge in [-0.3, -0.25) is 0 Å². The molecule has 2 N–H and O–H groups in total. The van der Waals surface area contributed by atoms with Crippen molar-refractivity contribution >= 4 is 22.9 Å². The molecule has 0 aliphatic heterocycles. The lowest BCUT2D eigenvalue weighted by Gasteiger charge is -2.02. The monoisotopic (exact) mass is 232 g/mol. The summed E-state index contributed by atoms with van der Waals surface area (Å²) in [6, 6.07) is 9.19. The molecule has 2 aromatic rings. The molecule has 5 nitrogen and oxygen atoms in total. The Kier molecular flexibility index (Phi) is 2.66. The Labute approximate surface area is 95.9 Å². The van der Waals surface area contributed by atoms with Gasteiger partial charge in [0.25, 0.3) is 0 Å². The minimum atomic E-state index is -1.64. The summed E-state index contributed by atoms with van der Waals surface area (Å²) in [4.78, 5) is 21.5. The second-order valence-electron chi connectivity index (χ2n) is 3.40. The van der Waals surface area contributed by atoms with Crippen molar-refractivity contribution in [2.45, 2.75) is 0 Å². The Bertz CT molecular complexity index is 603. The summed E-state index contributed by atoms with van der Waals surface area (Å²) >= 11 is 0. The molecule has 0 radical (unpaired) electrons. The summed E-state index contributed by atoms with van der Waals surface area (Å²) < 4.78 is 4.04. The second kappa shape index (κ2) is 4.13. The molecule has 0 spiro atoms. The van der Waals surface area contributed by atoms with Crippen LogP contribution in [0.5, 0.6) is 5.75 Å². The molecule has 0 unspecified atom stereocenters. The molecule has 0 aromatic heterocycles. The van der Waals surface area contributed by atoms with Crippen LogP contribution in [0.4, 0.5) is 4.79 Å². The Morgan fingerprint density at radius 3 is 2.35 bits per heavy atom. The zero-order chi connectivity index (χ0) is 12.4. The molecule has 2 rings (SSSR count). The van der Waals surface area contributed by atoms with E-state index in [2.05, 4.69) is 4.74 Å². The van der Waals surface area contributed by atoms with Crippen molar-refractivity contribution < 1.29 is 24.5 Å².